The number of hydrogen-bond acceptors (Lipinski definition) is 2. The number of benzene rings is 3. The molecule has 0 aliphatic carbocycles. The highest BCUT2D eigenvalue weighted by Crippen LogP contribution is 2.07. The fourth-order valence-electron chi connectivity index (χ4n) is 2.40. The van der Waals surface area contributed by atoms with Gasteiger partial charge in [-0.1, -0.05) is 128 Å². The predicted octanol–water partition coefficient (Wildman–Crippen LogP) is 8.26. The van der Waals surface area contributed by atoms with Gasteiger partial charge in [-0.25, -0.2) is 4.79 Å². The molecule has 0 saturated heterocycles. The first-order valence-corrected chi connectivity index (χ1v) is 10.6. The van der Waals surface area contributed by atoms with Crippen LogP contribution in [0.15, 0.2) is 105 Å². The molecular weight excluding hydrogens is 404 g/mol. The van der Waals surface area contributed by atoms with Gasteiger partial charge in [0.05, 0.1) is 7.11 Å². The van der Waals surface area contributed by atoms with Crippen LogP contribution in [0.3, 0.4) is 0 Å². The molecule has 3 aromatic carbocycles. The predicted molar refractivity (Wildman–Crippen MR) is 146 cm³/mol. The van der Waals surface area contributed by atoms with Crippen LogP contribution in [-0.4, -0.2) is 13.1 Å². The van der Waals surface area contributed by atoms with Gasteiger partial charge in [0.1, 0.15) is 0 Å². The molecule has 0 aliphatic rings. The van der Waals surface area contributed by atoms with Crippen LogP contribution in [0.4, 0.5) is 0 Å². The van der Waals surface area contributed by atoms with Crippen molar-refractivity contribution in [3.8, 4) is 0 Å². The molecule has 0 aromatic heterocycles. The van der Waals surface area contributed by atoms with Crippen LogP contribution in [0.1, 0.15) is 33.4 Å². The molecule has 172 valence electrons. The Morgan fingerprint density at radius 3 is 1.67 bits per heavy atom. The zero-order valence-electron chi connectivity index (χ0n) is 20.4. The minimum atomic E-state index is -0.394. The topological polar surface area (TPSA) is 26.3 Å². The van der Waals surface area contributed by atoms with Crippen LogP contribution in [0.5, 0.6) is 0 Å². The fourth-order valence-corrected chi connectivity index (χ4v) is 2.40. The number of ether oxygens (including phenoxy) is 1. The summed E-state index contributed by atoms with van der Waals surface area (Å²) >= 11 is 0. The quantitative estimate of drug-likeness (QED) is 0.301. The molecule has 0 bridgehead atoms. The van der Waals surface area contributed by atoms with E-state index < -0.39 is 5.97 Å². The Balaban J connectivity index is 0.000000419. The van der Waals surface area contributed by atoms with Gasteiger partial charge in [-0.05, 0) is 43.0 Å². The van der Waals surface area contributed by atoms with E-state index in [2.05, 4.69) is 100 Å². The Labute approximate surface area is 200 Å². The number of carbonyl (C=O) groups is 1. The molecule has 0 spiro atoms. The molecule has 33 heavy (non-hydrogen) atoms. The summed E-state index contributed by atoms with van der Waals surface area (Å²) in [5.74, 6) is -0.394. The third-order valence-corrected chi connectivity index (χ3v) is 4.37. The van der Waals surface area contributed by atoms with E-state index in [4.69, 9.17) is 0 Å². The van der Waals surface area contributed by atoms with Crippen molar-refractivity contribution in [2.24, 2.45) is 0 Å². The molecule has 0 unspecified atom stereocenters. The Morgan fingerprint density at radius 1 is 0.697 bits per heavy atom. The molecule has 3 aromatic rings. The first kappa shape index (κ1) is 29.1. The van der Waals surface area contributed by atoms with E-state index in [-0.39, 0.29) is 0 Å². The van der Waals surface area contributed by atoms with Crippen molar-refractivity contribution in [1.29, 1.82) is 0 Å². The van der Waals surface area contributed by atoms with Gasteiger partial charge in [0.2, 0.25) is 0 Å². The van der Waals surface area contributed by atoms with Gasteiger partial charge in [0.15, 0.2) is 0 Å². The summed E-state index contributed by atoms with van der Waals surface area (Å²) in [5.41, 5.74) is 7.45. The highest BCUT2D eigenvalue weighted by Gasteiger charge is 1.87. The van der Waals surface area contributed by atoms with Crippen LogP contribution in [0, 0.1) is 20.8 Å². The minimum Gasteiger partial charge on any atom is -0.466 e. The number of rotatable bonds is 4. The lowest BCUT2D eigenvalue weighted by Crippen LogP contribution is -1.91. The lowest BCUT2D eigenvalue weighted by Gasteiger charge is -1.95. The highest BCUT2D eigenvalue weighted by atomic mass is 16.5. The summed E-state index contributed by atoms with van der Waals surface area (Å²) in [7, 11) is 1.31. The van der Waals surface area contributed by atoms with E-state index in [1.165, 1.54) is 40.5 Å². The van der Waals surface area contributed by atoms with Crippen molar-refractivity contribution in [3.05, 3.63) is 139 Å². The number of aryl methyl sites for hydroxylation is 3. The van der Waals surface area contributed by atoms with Crippen molar-refractivity contribution in [2.75, 3.05) is 7.11 Å². The fraction of sp³-hybridized carbons (Fsp3) is 0.129. The van der Waals surface area contributed by atoms with Crippen LogP contribution in [0.2, 0.25) is 0 Å². The molecule has 0 fully saturated rings. The summed E-state index contributed by atoms with van der Waals surface area (Å²) in [6.45, 7) is 20.4. The first-order chi connectivity index (χ1) is 15.8. The number of carbonyl (C=O) groups excluding carboxylic acids is 1. The van der Waals surface area contributed by atoms with Crippen molar-refractivity contribution in [3.63, 3.8) is 0 Å². The molecule has 0 saturated carbocycles. The number of methoxy groups -OCH3 is 1. The molecule has 0 heterocycles. The van der Waals surface area contributed by atoms with E-state index in [1.807, 2.05) is 42.5 Å². The molecule has 0 amide bonds. The van der Waals surface area contributed by atoms with Gasteiger partial charge in [-0.2, -0.15) is 0 Å². The molecule has 0 aliphatic heterocycles. The Bertz CT molecular complexity index is 1010. The Kier molecular flexibility index (Phi) is 15.6. The molecule has 0 N–H and O–H groups in total. The minimum absolute atomic E-state index is 0.394. The molecule has 3 rings (SSSR count). The maximum Gasteiger partial charge on any atom is 0.329 e. The molecule has 0 atom stereocenters. The second-order valence-electron chi connectivity index (χ2n) is 7.02. The van der Waals surface area contributed by atoms with Crippen LogP contribution < -0.4 is 0 Å². The monoisotopic (exact) mass is 440 g/mol. The Hall–Kier alpha value is -3.91. The van der Waals surface area contributed by atoms with Crippen LogP contribution in [-0.2, 0) is 9.53 Å². The average Bonchev–Trinajstić information content (AvgIpc) is 2.85. The lowest BCUT2D eigenvalue weighted by molar-refractivity contribution is -0.134. The van der Waals surface area contributed by atoms with Crippen molar-refractivity contribution >= 4 is 24.2 Å². The van der Waals surface area contributed by atoms with Crippen molar-refractivity contribution < 1.29 is 9.53 Å². The highest BCUT2D eigenvalue weighted by molar-refractivity contribution is 5.80. The summed E-state index contributed by atoms with van der Waals surface area (Å²) in [5, 5.41) is 0. The first-order valence-electron chi connectivity index (χ1n) is 10.6. The Morgan fingerprint density at radius 2 is 1.30 bits per heavy atom. The van der Waals surface area contributed by atoms with E-state index in [0.717, 1.165) is 6.08 Å². The summed E-state index contributed by atoms with van der Waals surface area (Å²) in [6.07, 6.45) is 6.68. The molecule has 2 nitrogen and oxygen atoms in total. The normalized spacial score (nSPS) is 8.61. The largest absolute Gasteiger partial charge is 0.466 e. The second-order valence-corrected chi connectivity index (χ2v) is 7.02. The molecule has 2 heteroatoms. The van der Waals surface area contributed by atoms with E-state index in [9.17, 15) is 4.79 Å². The standard InChI is InChI=1S/3C9H10.C4H6O2/c1-3-9-6-4-8(2)5-7-9;1-3-9-6-4-5-8(2)7-9;1-3-9-7-5-4-6-8(9)2;1-3-4(5)6-2/h3*3-7H,1H2,2H3;3H,1H2,2H3. The molecule has 0 radical (unpaired) electrons. The van der Waals surface area contributed by atoms with Gasteiger partial charge >= 0.3 is 5.97 Å². The van der Waals surface area contributed by atoms with E-state index in [0.29, 0.717) is 0 Å². The maximum absolute atomic E-state index is 9.84. The SMILES string of the molecule is C=CC(=O)OC.C=Cc1ccc(C)cc1.C=Cc1cccc(C)c1.C=Cc1ccccc1C. The van der Waals surface area contributed by atoms with Gasteiger partial charge in [-0.15, -0.1) is 0 Å². The summed E-state index contributed by atoms with van der Waals surface area (Å²) in [6, 6.07) is 24.7. The van der Waals surface area contributed by atoms with Crippen LogP contribution >= 0.6 is 0 Å². The summed E-state index contributed by atoms with van der Waals surface area (Å²) in [4.78, 5) is 9.84. The van der Waals surface area contributed by atoms with Crippen LogP contribution in [0.25, 0.3) is 18.2 Å². The molecular formula is C31H36O2. The van der Waals surface area contributed by atoms with Gasteiger partial charge < -0.3 is 4.74 Å². The van der Waals surface area contributed by atoms with E-state index >= 15 is 0 Å². The zero-order chi connectivity index (χ0) is 25.1. The van der Waals surface area contributed by atoms with Crippen molar-refractivity contribution in [1.82, 2.24) is 0 Å². The number of hydrogen-bond donors (Lipinski definition) is 0. The van der Waals surface area contributed by atoms with Gasteiger partial charge in [-0.3, -0.25) is 0 Å². The summed E-state index contributed by atoms with van der Waals surface area (Å²) < 4.78 is 4.14. The van der Waals surface area contributed by atoms with Gasteiger partial charge in [0, 0.05) is 6.08 Å². The maximum atomic E-state index is 9.84. The third kappa shape index (κ3) is 13.9. The smallest absolute Gasteiger partial charge is 0.329 e. The third-order valence-electron chi connectivity index (χ3n) is 4.37. The van der Waals surface area contributed by atoms with Crippen molar-refractivity contribution in [2.45, 2.75) is 20.8 Å². The van der Waals surface area contributed by atoms with Gasteiger partial charge in [0.25, 0.3) is 0 Å². The lowest BCUT2D eigenvalue weighted by atomic mass is 10.1. The average molecular weight is 441 g/mol. The zero-order valence-corrected chi connectivity index (χ0v) is 20.4. The second kappa shape index (κ2) is 17.7. The number of esters is 1. The van der Waals surface area contributed by atoms with E-state index in [1.54, 1.807) is 0 Å².